The summed E-state index contributed by atoms with van der Waals surface area (Å²) >= 11 is 0. The number of halogens is 5. The van der Waals surface area contributed by atoms with Crippen molar-refractivity contribution in [2.45, 2.75) is 45.2 Å². The monoisotopic (exact) mass is 372 g/mol. The molecule has 0 saturated heterocycles. The molecule has 0 heterocycles. The van der Waals surface area contributed by atoms with Crippen LogP contribution in [0.2, 0.25) is 0 Å². The molecule has 1 aromatic carbocycles. The van der Waals surface area contributed by atoms with Gasteiger partial charge in [-0.05, 0) is 18.1 Å². The van der Waals surface area contributed by atoms with Crippen LogP contribution in [0.5, 0.6) is 0 Å². The van der Waals surface area contributed by atoms with Gasteiger partial charge in [0.15, 0.2) is 0 Å². The quantitative estimate of drug-likeness (QED) is 0.501. The predicted molar refractivity (Wildman–Crippen MR) is 95.1 cm³/mol. The van der Waals surface area contributed by atoms with Gasteiger partial charge in [-0.3, -0.25) is 4.99 Å². The zero-order valence-corrected chi connectivity index (χ0v) is 14.9. The van der Waals surface area contributed by atoms with E-state index in [-0.39, 0.29) is 31.4 Å². The molecule has 2 N–H and O–H groups in total. The molecule has 0 bridgehead atoms. The van der Waals surface area contributed by atoms with Crippen molar-refractivity contribution in [1.29, 1.82) is 0 Å². The number of aliphatic imine (C=N–C) groups is 1. The van der Waals surface area contributed by atoms with Crippen LogP contribution in [0.15, 0.2) is 29.3 Å². The minimum Gasteiger partial charge on any atom is -0.325 e. The van der Waals surface area contributed by atoms with Gasteiger partial charge in [0.2, 0.25) is 0 Å². The summed E-state index contributed by atoms with van der Waals surface area (Å²) in [6.07, 6.45) is 0.546. The number of alkyl halides is 3. The fraction of sp³-hybridized carbons (Fsp3) is 0.562. The van der Waals surface area contributed by atoms with Crippen molar-refractivity contribution < 1.29 is 13.2 Å². The van der Waals surface area contributed by atoms with E-state index in [9.17, 15) is 13.2 Å². The third-order valence-corrected chi connectivity index (χ3v) is 3.25. The first-order valence-corrected chi connectivity index (χ1v) is 7.35. The van der Waals surface area contributed by atoms with Crippen LogP contribution in [0, 0.1) is 0 Å². The Bertz CT molecular complexity index is 463. The van der Waals surface area contributed by atoms with Crippen LogP contribution in [-0.2, 0) is 12.6 Å². The topological polar surface area (TPSA) is 38.4 Å². The first-order chi connectivity index (χ1) is 9.97. The summed E-state index contributed by atoms with van der Waals surface area (Å²) < 4.78 is 38.0. The van der Waals surface area contributed by atoms with E-state index in [4.69, 9.17) is 5.73 Å². The average molecular weight is 373 g/mol. The lowest BCUT2D eigenvalue weighted by Crippen LogP contribution is -2.17. The van der Waals surface area contributed by atoms with Crippen molar-refractivity contribution in [1.82, 2.24) is 0 Å². The molecule has 2 nitrogen and oxygen atoms in total. The highest BCUT2D eigenvalue weighted by Crippen LogP contribution is 2.29. The zero-order chi connectivity index (χ0) is 15.7. The molecule has 0 radical (unpaired) electrons. The number of nitrogens with zero attached hydrogens (tertiary/aromatic N) is 1. The SMILES string of the molecule is CCCCCCN=C(CN)Cc1cccc(C(F)(F)F)c1.Cl.Cl. The minimum absolute atomic E-state index is 0. The van der Waals surface area contributed by atoms with Gasteiger partial charge in [0, 0.05) is 25.2 Å². The van der Waals surface area contributed by atoms with Gasteiger partial charge < -0.3 is 5.73 Å². The molecule has 1 rings (SSSR count). The highest BCUT2D eigenvalue weighted by Gasteiger charge is 2.30. The Balaban J connectivity index is 0. The van der Waals surface area contributed by atoms with Crippen LogP contribution in [0.4, 0.5) is 13.2 Å². The van der Waals surface area contributed by atoms with Gasteiger partial charge in [0.25, 0.3) is 0 Å². The molecule has 0 aliphatic rings. The smallest absolute Gasteiger partial charge is 0.325 e. The van der Waals surface area contributed by atoms with Crippen LogP contribution >= 0.6 is 24.8 Å². The number of benzene rings is 1. The molecule has 23 heavy (non-hydrogen) atoms. The second-order valence-corrected chi connectivity index (χ2v) is 5.09. The van der Waals surface area contributed by atoms with Crippen molar-refractivity contribution in [3.05, 3.63) is 35.4 Å². The molecule has 0 aliphatic heterocycles. The molecule has 7 heteroatoms. The summed E-state index contributed by atoms with van der Waals surface area (Å²) in [5.41, 5.74) is 6.36. The average Bonchev–Trinajstić information content (AvgIpc) is 2.45. The van der Waals surface area contributed by atoms with Gasteiger partial charge in [-0.1, -0.05) is 44.4 Å². The minimum atomic E-state index is -4.31. The molecule has 0 aliphatic carbocycles. The van der Waals surface area contributed by atoms with Crippen LogP contribution in [0.25, 0.3) is 0 Å². The summed E-state index contributed by atoms with van der Waals surface area (Å²) in [4.78, 5) is 4.41. The molecule has 134 valence electrons. The third kappa shape index (κ3) is 9.84. The Labute approximate surface area is 148 Å². The fourth-order valence-electron chi connectivity index (χ4n) is 2.06. The Hall–Kier alpha value is -0.780. The first-order valence-electron chi connectivity index (χ1n) is 7.35. The van der Waals surface area contributed by atoms with Gasteiger partial charge in [-0.25, -0.2) is 0 Å². The van der Waals surface area contributed by atoms with Crippen molar-refractivity contribution in [2.24, 2.45) is 10.7 Å². The molecule has 0 saturated carbocycles. The molecule has 0 spiro atoms. The van der Waals surface area contributed by atoms with Crippen LogP contribution in [0.3, 0.4) is 0 Å². The van der Waals surface area contributed by atoms with Crippen molar-refractivity contribution in [3.8, 4) is 0 Å². The van der Waals surface area contributed by atoms with E-state index < -0.39 is 11.7 Å². The summed E-state index contributed by atoms with van der Waals surface area (Å²) in [5, 5.41) is 0. The molecule has 0 aromatic heterocycles. The number of unbranched alkanes of at least 4 members (excludes halogenated alkanes) is 3. The van der Waals surface area contributed by atoms with Crippen molar-refractivity contribution in [2.75, 3.05) is 13.1 Å². The Kier molecular flexibility index (Phi) is 13.4. The summed E-state index contributed by atoms with van der Waals surface area (Å²) in [6.45, 7) is 3.12. The standard InChI is InChI=1S/C16H23F3N2.2ClH/c1-2-3-4-5-9-21-15(12-20)11-13-7-6-8-14(10-13)16(17,18)19;;/h6-8,10H,2-5,9,11-12,20H2,1H3;2*1H. The molecular weight excluding hydrogens is 348 g/mol. The van der Waals surface area contributed by atoms with E-state index >= 15 is 0 Å². The highest BCUT2D eigenvalue weighted by atomic mass is 35.5. The maximum absolute atomic E-state index is 12.7. The lowest BCUT2D eigenvalue weighted by Gasteiger charge is -2.09. The van der Waals surface area contributed by atoms with E-state index in [2.05, 4.69) is 11.9 Å². The van der Waals surface area contributed by atoms with Crippen LogP contribution in [0.1, 0.15) is 43.7 Å². The van der Waals surface area contributed by atoms with Crippen LogP contribution in [-0.4, -0.2) is 18.8 Å². The second-order valence-electron chi connectivity index (χ2n) is 5.09. The highest BCUT2D eigenvalue weighted by molar-refractivity contribution is 5.88. The molecule has 1 aromatic rings. The van der Waals surface area contributed by atoms with E-state index in [1.165, 1.54) is 18.6 Å². The summed E-state index contributed by atoms with van der Waals surface area (Å²) in [5.74, 6) is 0. The normalized spacial score (nSPS) is 11.6. The first kappa shape index (κ1) is 24.5. The van der Waals surface area contributed by atoms with Crippen LogP contribution < -0.4 is 5.73 Å². The molecule has 0 unspecified atom stereocenters. The van der Waals surface area contributed by atoms with Gasteiger partial charge >= 0.3 is 6.18 Å². The molecular formula is C16H25Cl2F3N2. The van der Waals surface area contributed by atoms with Crippen molar-refractivity contribution in [3.63, 3.8) is 0 Å². The fourth-order valence-corrected chi connectivity index (χ4v) is 2.06. The number of hydrogen-bond donors (Lipinski definition) is 1. The molecule has 0 fully saturated rings. The van der Waals surface area contributed by atoms with E-state index in [0.29, 0.717) is 18.5 Å². The maximum atomic E-state index is 12.7. The molecule has 0 atom stereocenters. The van der Waals surface area contributed by atoms with Gasteiger partial charge in [0.05, 0.1) is 5.56 Å². The maximum Gasteiger partial charge on any atom is 0.416 e. The lowest BCUT2D eigenvalue weighted by molar-refractivity contribution is -0.137. The zero-order valence-electron chi connectivity index (χ0n) is 13.2. The predicted octanol–water partition coefficient (Wildman–Crippen LogP) is 5.07. The van der Waals surface area contributed by atoms with Gasteiger partial charge in [-0.15, -0.1) is 24.8 Å². The largest absolute Gasteiger partial charge is 0.416 e. The van der Waals surface area contributed by atoms with E-state index in [1.807, 2.05) is 0 Å². The second kappa shape index (κ2) is 12.6. The van der Waals surface area contributed by atoms with E-state index in [0.717, 1.165) is 31.0 Å². The Morgan fingerprint density at radius 2 is 1.83 bits per heavy atom. The number of nitrogens with two attached hydrogens (primary N) is 1. The number of rotatable bonds is 8. The lowest BCUT2D eigenvalue weighted by atomic mass is 10.0. The van der Waals surface area contributed by atoms with E-state index in [1.54, 1.807) is 6.07 Å². The molecule has 0 amide bonds. The van der Waals surface area contributed by atoms with Crippen molar-refractivity contribution >= 4 is 30.5 Å². The summed E-state index contributed by atoms with van der Waals surface area (Å²) in [6, 6.07) is 5.35. The Morgan fingerprint density at radius 3 is 2.39 bits per heavy atom. The summed E-state index contributed by atoms with van der Waals surface area (Å²) in [7, 11) is 0. The third-order valence-electron chi connectivity index (χ3n) is 3.25. The Morgan fingerprint density at radius 1 is 1.13 bits per heavy atom. The van der Waals surface area contributed by atoms with Gasteiger partial charge in [0.1, 0.15) is 0 Å². The number of hydrogen-bond acceptors (Lipinski definition) is 2. The van der Waals surface area contributed by atoms with Gasteiger partial charge in [-0.2, -0.15) is 13.2 Å².